The number of carbonyl (C=O) groups excluding carboxylic acids is 1. The number of benzene rings is 1. The Kier molecular flexibility index (Phi) is 4.67. The molecule has 0 amide bonds. The third kappa shape index (κ3) is 3.61. The van der Waals surface area contributed by atoms with E-state index in [0.29, 0.717) is 18.1 Å². The van der Waals surface area contributed by atoms with Crippen LogP contribution in [0.4, 0.5) is 0 Å². The molecular formula is C18H25NO3. The predicted octanol–water partition coefficient (Wildman–Crippen LogP) is 3.25. The van der Waals surface area contributed by atoms with Gasteiger partial charge in [-0.2, -0.15) is 0 Å². The Morgan fingerprint density at radius 1 is 1.36 bits per heavy atom. The summed E-state index contributed by atoms with van der Waals surface area (Å²) >= 11 is 0. The summed E-state index contributed by atoms with van der Waals surface area (Å²) in [5, 5.41) is 0. The number of cyclic esters (lactones) is 1. The van der Waals surface area contributed by atoms with Gasteiger partial charge in [0.05, 0.1) is 5.56 Å². The normalized spacial score (nSPS) is 22.3. The molecule has 1 atom stereocenters. The molecule has 1 aromatic carbocycles. The van der Waals surface area contributed by atoms with Crippen molar-refractivity contribution in [2.45, 2.75) is 45.8 Å². The van der Waals surface area contributed by atoms with Gasteiger partial charge in [0.15, 0.2) is 0 Å². The third-order valence-electron chi connectivity index (χ3n) is 4.29. The fourth-order valence-electron chi connectivity index (χ4n) is 3.33. The molecular weight excluding hydrogens is 278 g/mol. The number of likely N-dealkylation sites (tertiary alicyclic amines) is 1. The molecule has 1 unspecified atom stereocenters. The van der Waals surface area contributed by atoms with Gasteiger partial charge in [-0.05, 0) is 49.9 Å². The smallest absolute Gasteiger partial charge is 0.338 e. The molecule has 3 rings (SSSR count). The van der Waals surface area contributed by atoms with Crippen LogP contribution in [0, 0.1) is 5.92 Å². The number of hydrogen-bond donors (Lipinski definition) is 0. The van der Waals surface area contributed by atoms with Crippen LogP contribution in [0.2, 0.25) is 0 Å². The zero-order valence-corrected chi connectivity index (χ0v) is 13.5. The number of rotatable bonds is 4. The van der Waals surface area contributed by atoms with Crippen LogP contribution in [-0.2, 0) is 11.3 Å². The lowest BCUT2D eigenvalue weighted by molar-refractivity contribution is 0.0535. The van der Waals surface area contributed by atoms with Crippen LogP contribution in [0.25, 0.3) is 0 Å². The highest BCUT2D eigenvalue weighted by Gasteiger charge is 2.23. The molecule has 1 saturated heterocycles. The van der Waals surface area contributed by atoms with Crippen LogP contribution < -0.4 is 4.74 Å². The molecule has 2 heterocycles. The molecule has 0 spiro atoms. The molecule has 4 heteroatoms. The van der Waals surface area contributed by atoms with Crippen molar-refractivity contribution in [3.63, 3.8) is 0 Å². The van der Waals surface area contributed by atoms with E-state index < -0.39 is 0 Å². The second kappa shape index (κ2) is 6.69. The van der Waals surface area contributed by atoms with Gasteiger partial charge in [0.25, 0.3) is 0 Å². The highest BCUT2D eigenvalue weighted by atomic mass is 16.5. The van der Waals surface area contributed by atoms with E-state index in [4.69, 9.17) is 9.47 Å². The first-order valence-corrected chi connectivity index (χ1v) is 8.31. The van der Waals surface area contributed by atoms with Gasteiger partial charge in [0.1, 0.15) is 18.5 Å². The summed E-state index contributed by atoms with van der Waals surface area (Å²) in [6.07, 6.45) is 3.80. The topological polar surface area (TPSA) is 38.8 Å². The van der Waals surface area contributed by atoms with Crippen molar-refractivity contribution in [3.05, 3.63) is 29.3 Å². The fraction of sp³-hybridized carbons (Fsp3) is 0.611. The fourth-order valence-corrected chi connectivity index (χ4v) is 3.33. The van der Waals surface area contributed by atoms with Gasteiger partial charge in [0, 0.05) is 18.7 Å². The van der Waals surface area contributed by atoms with E-state index in [1.807, 2.05) is 18.2 Å². The zero-order chi connectivity index (χ0) is 15.5. The zero-order valence-electron chi connectivity index (χ0n) is 13.5. The van der Waals surface area contributed by atoms with Crippen molar-refractivity contribution >= 4 is 5.97 Å². The van der Waals surface area contributed by atoms with Gasteiger partial charge in [-0.25, -0.2) is 4.79 Å². The Bertz CT molecular complexity index is 541. The summed E-state index contributed by atoms with van der Waals surface area (Å²) in [6, 6.07) is 5.67. The summed E-state index contributed by atoms with van der Waals surface area (Å²) in [6.45, 7) is 8.19. The van der Waals surface area contributed by atoms with Crippen LogP contribution in [0.3, 0.4) is 0 Å². The van der Waals surface area contributed by atoms with E-state index >= 15 is 0 Å². The molecule has 4 nitrogen and oxygen atoms in total. The lowest BCUT2D eigenvalue weighted by Crippen LogP contribution is -2.36. The standard InChI is InChI=1S/C18H25NO3/c1-13(2)10-19-8-4-3-5-16(11-19)22-15-6-7-17-14(9-15)12-21-18(17)20/h6-7,9,13,16H,3-5,8,10-12H2,1-2H3. The molecule has 2 aliphatic heterocycles. The molecule has 2 aliphatic rings. The molecule has 1 aromatic rings. The van der Waals surface area contributed by atoms with Crippen LogP contribution in [0.5, 0.6) is 5.75 Å². The number of fused-ring (bicyclic) bond motifs is 1. The maximum Gasteiger partial charge on any atom is 0.338 e. The maximum absolute atomic E-state index is 11.5. The quantitative estimate of drug-likeness (QED) is 0.800. The molecule has 0 aromatic heterocycles. The highest BCUT2D eigenvalue weighted by molar-refractivity contribution is 5.93. The Morgan fingerprint density at radius 2 is 2.23 bits per heavy atom. The van der Waals surface area contributed by atoms with Gasteiger partial charge >= 0.3 is 5.97 Å². The van der Waals surface area contributed by atoms with Crippen LogP contribution in [-0.4, -0.2) is 36.6 Å². The van der Waals surface area contributed by atoms with Crippen molar-refractivity contribution in [2.24, 2.45) is 5.92 Å². The van der Waals surface area contributed by atoms with E-state index in [2.05, 4.69) is 18.7 Å². The SMILES string of the molecule is CC(C)CN1CCCCC(Oc2ccc3c(c2)COC3=O)C1. The highest BCUT2D eigenvalue weighted by Crippen LogP contribution is 2.26. The van der Waals surface area contributed by atoms with Gasteiger partial charge in [-0.1, -0.05) is 13.8 Å². The summed E-state index contributed by atoms with van der Waals surface area (Å²) < 4.78 is 11.2. The number of nitrogens with zero attached hydrogens (tertiary/aromatic N) is 1. The average Bonchev–Trinajstić information content (AvgIpc) is 2.69. The number of hydrogen-bond acceptors (Lipinski definition) is 4. The lowest BCUT2D eigenvalue weighted by Gasteiger charge is -2.26. The second-order valence-corrected chi connectivity index (χ2v) is 6.78. The predicted molar refractivity (Wildman–Crippen MR) is 85.1 cm³/mol. The van der Waals surface area contributed by atoms with Gasteiger partial charge in [-0.3, -0.25) is 4.90 Å². The molecule has 0 radical (unpaired) electrons. The largest absolute Gasteiger partial charge is 0.489 e. The first-order chi connectivity index (χ1) is 10.6. The van der Waals surface area contributed by atoms with Crippen LogP contribution in [0.1, 0.15) is 49.0 Å². The molecule has 0 N–H and O–H groups in total. The van der Waals surface area contributed by atoms with E-state index in [1.165, 1.54) is 19.4 Å². The molecule has 120 valence electrons. The molecule has 0 bridgehead atoms. The first-order valence-electron chi connectivity index (χ1n) is 8.31. The van der Waals surface area contributed by atoms with Crippen LogP contribution >= 0.6 is 0 Å². The maximum atomic E-state index is 11.5. The molecule has 0 saturated carbocycles. The molecule has 22 heavy (non-hydrogen) atoms. The van der Waals surface area contributed by atoms with Crippen molar-refractivity contribution in [1.82, 2.24) is 4.90 Å². The first kappa shape index (κ1) is 15.3. The summed E-state index contributed by atoms with van der Waals surface area (Å²) in [7, 11) is 0. The van der Waals surface area contributed by atoms with E-state index in [9.17, 15) is 4.79 Å². The average molecular weight is 303 g/mol. The minimum Gasteiger partial charge on any atom is -0.489 e. The number of ether oxygens (including phenoxy) is 2. The van der Waals surface area contributed by atoms with Gasteiger partial charge in [0.2, 0.25) is 0 Å². The number of esters is 1. The Labute approximate surface area is 132 Å². The Balaban J connectivity index is 1.65. The summed E-state index contributed by atoms with van der Waals surface area (Å²) in [5.74, 6) is 1.31. The number of carbonyl (C=O) groups is 1. The second-order valence-electron chi connectivity index (χ2n) is 6.78. The van der Waals surface area contributed by atoms with Crippen molar-refractivity contribution < 1.29 is 14.3 Å². The summed E-state index contributed by atoms with van der Waals surface area (Å²) in [5.41, 5.74) is 1.62. The van der Waals surface area contributed by atoms with E-state index in [0.717, 1.165) is 30.8 Å². The monoisotopic (exact) mass is 303 g/mol. The summed E-state index contributed by atoms with van der Waals surface area (Å²) in [4.78, 5) is 14.0. The van der Waals surface area contributed by atoms with Crippen molar-refractivity contribution in [2.75, 3.05) is 19.6 Å². The Morgan fingerprint density at radius 3 is 3.05 bits per heavy atom. The van der Waals surface area contributed by atoms with Crippen molar-refractivity contribution in [1.29, 1.82) is 0 Å². The van der Waals surface area contributed by atoms with Crippen molar-refractivity contribution in [3.8, 4) is 5.75 Å². The van der Waals surface area contributed by atoms with Crippen LogP contribution in [0.15, 0.2) is 18.2 Å². The lowest BCUT2D eigenvalue weighted by atomic mass is 10.1. The van der Waals surface area contributed by atoms with Gasteiger partial charge < -0.3 is 9.47 Å². The minimum absolute atomic E-state index is 0.223. The van der Waals surface area contributed by atoms with E-state index in [1.54, 1.807) is 0 Å². The van der Waals surface area contributed by atoms with Gasteiger partial charge in [-0.15, -0.1) is 0 Å². The Hall–Kier alpha value is -1.55. The minimum atomic E-state index is -0.223. The molecule has 1 fully saturated rings. The third-order valence-corrected chi connectivity index (χ3v) is 4.29. The van der Waals surface area contributed by atoms with E-state index in [-0.39, 0.29) is 12.1 Å². The molecule has 0 aliphatic carbocycles.